The number of carboxylic acid groups (broad SMARTS) is 1. The van der Waals surface area contributed by atoms with Gasteiger partial charge in [-0.05, 0) is 22.9 Å². The average Bonchev–Trinajstić information content (AvgIpc) is 2.45. The van der Waals surface area contributed by atoms with Crippen molar-refractivity contribution in [3.63, 3.8) is 0 Å². The van der Waals surface area contributed by atoms with Crippen molar-refractivity contribution in [3.8, 4) is 5.75 Å². The number of amides is 1. The van der Waals surface area contributed by atoms with Gasteiger partial charge in [0.25, 0.3) is 0 Å². The largest absolute Gasteiger partial charge is 0.493 e. The second-order valence-electron chi connectivity index (χ2n) is 4.28. The lowest BCUT2D eigenvalue weighted by molar-refractivity contribution is -0.138. The molecule has 5 nitrogen and oxygen atoms in total. The second-order valence-corrected chi connectivity index (χ2v) is 4.28. The highest BCUT2D eigenvalue weighted by molar-refractivity contribution is 5.84. The summed E-state index contributed by atoms with van der Waals surface area (Å²) in [6.45, 7) is -0.154. The van der Waals surface area contributed by atoms with Crippen LogP contribution >= 0.6 is 0 Å². The van der Waals surface area contributed by atoms with E-state index in [1.165, 1.54) is 0 Å². The number of hydrogen-bond acceptors (Lipinski definition) is 3. The van der Waals surface area contributed by atoms with E-state index in [0.717, 1.165) is 10.8 Å². The van der Waals surface area contributed by atoms with Crippen LogP contribution in [0.25, 0.3) is 10.8 Å². The maximum absolute atomic E-state index is 11.3. The zero-order chi connectivity index (χ0) is 14.4. The van der Waals surface area contributed by atoms with E-state index in [2.05, 4.69) is 5.32 Å². The van der Waals surface area contributed by atoms with Crippen LogP contribution in [0, 0.1) is 0 Å². The molecule has 1 amide bonds. The third-order valence-corrected chi connectivity index (χ3v) is 2.76. The summed E-state index contributed by atoms with van der Waals surface area (Å²) >= 11 is 0. The fourth-order valence-corrected chi connectivity index (χ4v) is 1.78. The number of carboxylic acids is 1. The van der Waals surface area contributed by atoms with E-state index in [0.29, 0.717) is 5.75 Å². The summed E-state index contributed by atoms with van der Waals surface area (Å²) in [6, 6.07) is 13.6. The molecular formula is C15H15NO4. The van der Waals surface area contributed by atoms with E-state index in [4.69, 9.17) is 9.84 Å². The van der Waals surface area contributed by atoms with Crippen molar-refractivity contribution in [3.05, 3.63) is 42.5 Å². The third-order valence-electron chi connectivity index (χ3n) is 2.76. The van der Waals surface area contributed by atoms with Crippen LogP contribution in [0.2, 0.25) is 0 Å². The molecule has 0 fully saturated rings. The van der Waals surface area contributed by atoms with E-state index in [1.807, 2.05) is 42.5 Å². The SMILES string of the molecule is O=C(O)CNC(=O)CCOc1ccc2ccccc2c1. The molecule has 0 radical (unpaired) electrons. The predicted octanol–water partition coefficient (Wildman–Crippen LogP) is 1.81. The first-order valence-corrected chi connectivity index (χ1v) is 6.25. The summed E-state index contributed by atoms with van der Waals surface area (Å²) in [5, 5.41) is 12.9. The minimum atomic E-state index is -1.06. The van der Waals surface area contributed by atoms with Gasteiger partial charge in [0.2, 0.25) is 5.91 Å². The smallest absolute Gasteiger partial charge is 0.322 e. The van der Waals surface area contributed by atoms with Crippen molar-refractivity contribution in [2.24, 2.45) is 0 Å². The highest BCUT2D eigenvalue weighted by Crippen LogP contribution is 2.20. The minimum absolute atomic E-state index is 0.125. The van der Waals surface area contributed by atoms with E-state index in [-0.39, 0.29) is 25.5 Å². The van der Waals surface area contributed by atoms with Crippen molar-refractivity contribution in [1.82, 2.24) is 5.32 Å². The molecule has 0 bridgehead atoms. The lowest BCUT2D eigenvalue weighted by Gasteiger charge is -2.07. The lowest BCUT2D eigenvalue weighted by Crippen LogP contribution is -2.30. The van der Waals surface area contributed by atoms with Crippen LogP contribution in [0.4, 0.5) is 0 Å². The molecule has 5 heteroatoms. The number of benzene rings is 2. The number of carbonyl (C=O) groups is 2. The van der Waals surface area contributed by atoms with Gasteiger partial charge in [0, 0.05) is 0 Å². The van der Waals surface area contributed by atoms with Crippen LogP contribution < -0.4 is 10.1 Å². The molecule has 20 heavy (non-hydrogen) atoms. The summed E-state index contributed by atoms with van der Waals surface area (Å²) in [5.74, 6) is -0.711. The molecule has 0 aliphatic heterocycles. The number of nitrogens with one attached hydrogen (secondary N) is 1. The number of fused-ring (bicyclic) bond motifs is 1. The summed E-state index contributed by atoms with van der Waals surface area (Å²) in [6.07, 6.45) is 0.125. The quantitative estimate of drug-likeness (QED) is 0.841. The Morgan fingerprint density at radius 2 is 1.85 bits per heavy atom. The summed E-state index contributed by atoms with van der Waals surface area (Å²) in [4.78, 5) is 21.6. The zero-order valence-corrected chi connectivity index (χ0v) is 10.8. The van der Waals surface area contributed by atoms with Crippen LogP contribution in [-0.4, -0.2) is 30.1 Å². The highest BCUT2D eigenvalue weighted by atomic mass is 16.5. The van der Waals surface area contributed by atoms with Crippen molar-refractivity contribution in [1.29, 1.82) is 0 Å². The fraction of sp³-hybridized carbons (Fsp3) is 0.200. The molecule has 0 spiro atoms. The molecule has 0 atom stereocenters. The van der Waals surface area contributed by atoms with Crippen LogP contribution in [-0.2, 0) is 9.59 Å². The van der Waals surface area contributed by atoms with Gasteiger partial charge in [0.1, 0.15) is 12.3 Å². The van der Waals surface area contributed by atoms with Gasteiger partial charge in [-0.15, -0.1) is 0 Å². The predicted molar refractivity (Wildman–Crippen MR) is 74.7 cm³/mol. The third kappa shape index (κ3) is 3.98. The van der Waals surface area contributed by atoms with E-state index >= 15 is 0 Å². The van der Waals surface area contributed by atoms with Gasteiger partial charge in [0.05, 0.1) is 13.0 Å². The molecule has 2 aromatic carbocycles. The Hall–Kier alpha value is -2.56. The van der Waals surface area contributed by atoms with Gasteiger partial charge >= 0.3 is 5.97 Å². The van der Waals surface area contributed by atoms with Crippen LogP contribution in [0.1, 0.15) is 6.42 Å². The Morgan fingerprint density at radius 1 is 1.10 bits per heavy atom. The Labute approximate surface area is 116 Å². The van der Waals surface area contributed by atoms with Gasteiger partial charge in [-0.3, -0.25) is 9.59 Å². The summed E-state index contributed by atoms with van der Waals surface area (Å²) in [7, 11) is 0. The van der Waals surface area contributed by atoms with E-state index in [1.54, 1.807) is 0 Å². The van der Waals surface area contributed by atoms with Crippen LogP contribution in [0.5, 0.6) is 5.75 Å². The molecule has 0 unspecified atom stereocenters. The first-order chi connectivity index (χ1) is 9.65. The Kier molecular flexibility index (Phi) is 4.55. The minimum Gasteiger partial charge on any atom is -0.493 e. The van der Waals surface area contributed by atoms with Crippen molar-refractivity contribution in [2.75, 3.05) is 13.2 Å². The molecule has 2 N–H and O–H groups in total. The first kappa shape index (κ1) is 13.9. The van der Waals surface area contributed by atoms with Gasteiger partial charge in [-0.1, -0.05) is 30.3 Å². The Morgan fingerprint density at radius 3 is 2.60 bits per heavy atom. The summed E-state index contributed by atoms with van der Waals surface area (Å²) < 4.78 is 5.48. The Bertz CT molecular complexity index is 624. The van der Waals surface area contributed by atoms with Crippen LogP contribution in [0.3, 0.4) is 0 Å². The standard InChI is InChI=1S/C15H15NO4/c17-14(16-10-15(18)19)7-8-20-13-6-5-11-3-1-2-4-12(11)9-13/h1-6,9H,7-8,10H2,(H,16,17)(H,18,19). The molecule has 0 aromatic heterocycles. The number of ether oxygens (including phenoxy) is 1. The molecule has 0 saturated carbocycles. The lowest BCUT2D eigenvalue weighted by atomic mass is 10.1. The monoisotopic (exact) mass is 273 g/mol. The van der Waals surface area contributed by atoms with Gasteiger partial charge < -0.3 is 15.2 Å². The number of hydrogen-bond donors (Lipinski definition) is 2. The van der Waals surface area contributed by atoms with E-state index in [9.17, 15) is 9.59 Å². The van der Waals surface area contributed by atoms with Crippen LogP contribution in [0.15, 0.2) is 42.5 Å². The van der Waals surface area contributed by atoms with Gasteiger partial charge in [-0.25, -0.2) is 0 Å². The maximum Gasteiger partial charge on any atom is 0.322 e. The molecule has 0 aliphatic carbocycles. The zero-order valence-electron chi connectivity index (χ0n) is 10.8. The topological polar surface area (TPSA) is 75.6 Å². The molecule has 0 aliphatic rings. The molecular weight excluding hydrogens is 258 g/mol. The van der Waals surface area contributed by atoms with Crippen molar-refractivity contribution in [2.45, 2.75) is 6.42 Å². The molecule has 104 valence electrons. The number of aliphatic carboxylic acids is 1. The van der Waals surface area contributed by atoms with Gasteiger partial charge in [-0.2, -0.15) is 0 Å². The van der Waals surface area contributed by atoms with E-state index < -0.39 is 5.97 Å². The summed E-state index contributed by atoms with van der Waals surface area (Å²) in [5.41, 5.74) is 0. The number of rotatable bonds is 6. The first-order valence-electron chi connectivity index (χ1n) is 6.25. The highest BCUT2D eigenvalue weighted by Gasteiger charge is 2.04. The molecule has 2 aromatic rings. The maximum atomic E-state index is 11.3. The average molecular weight is 273 g/mol. The molecule has 2 rings (SSSR count). The molecule has 0 saturated heterocycles. The van der Waals surface area contributed by atoms with Crippen molar-refractivity contribution >= 4 is 22.6 Å². The second kappa shape index (κ2) is 6.56. The van der Waals surface area contributed by atoms with Crippen molar-refractivity contribution < 1.29 is 19.4 Å². The Balaban J connectivity index is 1.83. The molecule has 0 heterocycles. The number of carbonyl (C=O) groups excluding carboxylic acids is 1. The fourth-order valence-electron chi connectivity index (χ4n) is 1.78. The van der Waals surface area contributed by atoms with Gasteiger partial charge in [0.15, 0.2) is 0 Å². The normalized spacial score (nSPS) is 10.2.